The van der Waals surface area contributed by atoms with Crippen LogP contribution in [0.1, 0.15) is 27.2 Å². The quantitative estimate of drug-likeness (QED) is 0.794. The molecule has 3 unspecified atom stereocenters. The van der Waals surface area contributed by atoms with E-state index in [-0.39, 0.29) is 0 Å². The van der Waals surface area contributed by atoms with E-state index >= 15 is 0 Å². The number of hydrogen-bond acceptors (Lipinski definition) is 4. The minimum Gasteiger partial charge on any atom is -0.480 e. The first-order valence-corrected chi connectivity index (χ1v) is 6.96. The van der Waals surface area contributed by atoms with E-state index in [1.165, 1.54) is 0 Å². The number of carboxylic acid groups (broad SMARTS) is 1. The van der Waals surface area contributed by atoms with Crippen LogP contribution in [0, 0.1) is 5.92 Å². The number of carbonyl (C=O) groups is 1. The highest BCUT2D eigenvalue weighted by Crippen LogP contribution is 2.27. The molecule has 0 spiro atoms. The summed E-state index contributed by atoms with van der Waals surface area (Å²) in [6.07, 6.45) is -0.0226. The number of carboxylic acids is 1. The summed E-state index contributed by atoms with van der Waals surface area (Å²) in [5, 5.41) is 6.99. The van der Waals surface area contributed by atoms with Crippen LogP contribution in [0.15, 0.2) is 0 Å². The van der Waals surface area contributed by atoms with Crippen LogP contribution in [0.25, 0.3) is 0 Å². The highest BCUT2D eigenvalue weighted by atomic mass is 32.2. The van der Waals surface area contributed by atoms with E-state index in [4.69, 9.17) is 9.84 Å². The van der Waals surface area contributed by atoms with Gasteiger partial charge in [-0.05, 0) is 19.3 Å². The van der Waals surface area contributed by atoms with Gasteiger partial charge in [0.25, 0.3) is 0 Å². The maximum atomic E-state index is 12.2. The number of rotatable bonds is 4. The van der Waals surface area contributed by atoms with Gasteiger partial charge in [0.05, 0.1) is 11.4 Å². The molecule has 0 aliphatic carbocycles. The van der Waals surface area contributed by atoms with Gasteiger partial charge in [0.1, 0.15) is 0 Å². The second-order valence-corrected chi connectivity index (χ2v) is 6.79. The summed E-state index contributed by atoms with van der Waals surface area (Å²) in [5.74, 6) is -1.70. The standard InChI is InChI=1S/C10H18O5S/c1-6(2)9(10(11)12)16(13,14)8-4-5-15-7(8)3/h6-9H,4-5H2,1-3H3,(H,11,12). The molecular weight excluding hydrogens is 232 g/mol. The van der Waals surface area contributed by atoms with Crippen LogP contribution in [-0.4, -0.2) is 42.7 Å². The molecule has 3 atom stereocenters. The molecule has 0 radical (unpaired) electrons. The van der Waals surface area contributed by atoms with Crippen molar-refractivity contribution < 1.29 is 23.1 Å². The van der Waals surface area contributed by atoms with Crippen molar-refractivity contribution in [2.75, 3.05) is 6.61 Å². The van der Waals surface area contributed by atoms with Crippen molar-refractivity contribution in [2.24, 2.45) is 5.92 Å². The largest absolute Gasteiger partial charge is 0.480 e. The molecule has 0 aromatic heterocycles. The SMILES string of the molecule is CC(C)C(C(=O)O)S(=O)(=O)C1CCOC1C. The molecule has 1 saturated heterocycles. The first-order chi connectivity index (χ1) is 7.28. The Kier molecular flexibility index (Phi) is 3.96. The second kappa shape index (κ2) is 4.71. The third kappa shape index (κ3) is 2.38. The summed E-state index contributed by atoms with van der Waals surface area (Å²) in [6.45, 7) is 5.28. The van der Waals surface area contributed by atoms with Crippen molar-refractivity contribution in [3.63, 3.8) is 0 Å². The lowest BCUT2D eigenvalue weighted by Crippen LogP contribution is -2.43. The van der Waals surface area contributed by atoms with Gasteiger partial charge in [0.2, 0.25) is 0 Å². The second-order valence-electron chi connectivity index (χ2n) is 4.49. The molecule has 1 aliphatic heterocycles. The monoisotopic (exact) mass is 250 g/mol. The van der Waals surface area contributed by atoms with Gasteiger partial charge in [-0.25, -0.2) is 8.42 Å². The Hall–Kier alpha value is -0.620. The molecule has 5 nitrogen and oxygen atoms in total. The molecule has 0 bridgehead atoms. The van der Waals surface area contributed by atoms with Gasteiger partial charge in [-0.2, -0.15) is 0 Å². The Morgan fingerprint density at radius 1 is 1.44 bits per heavy atom. The molecule has 16 heavy (non-hydrogen) atoms. The molecule has 0 amide bonds. The van der Waals surface area contributed by atoms with E-state index in [9.17, 15) is 13.2 Å². The van der Waals surface area contributed by atoms with E-state index in [0.29, 0.717) is 13.0 Å². The lowest BCUT2D eigenvalue weighted by Gasteiger charge is -2.22. The average molecular weight is 250 g/mol. The Balaban J connectivity index is 3.03. The highest BCUT2D eigenvalue weighted by molar-refractivity contribution is 7.93. The third-order valence-electron chi connectivity index (χ3n) is 2.93. The third-order valence-corrected chi connectivity index (χ3v) is 5.85. The lowest BCUT2D eigenvalue weighted by atomic mass is 10.1. The van der Waals surface area contributed by atoms with Crippen LogP contribution < -0.4 is 0 Å². The van der Waals surface area contributed by atoms with Gasteiger partial charge in [-0.1, -0.05) is 13.8 Å². The smallest absolute Gasteiger partial charge is 0.322 e. The zero-order valence-electron chi connectivity index (χ0n) is 9.71. The summed E-state index contributed by atoms with van der Waals surface area (Å²) < 4.78 is 29.5. The fourth-order valence-electron chi connectivity index (χ4n) is 2.14. The van der Waals surface area contributed by atoms with Gasteiger partial charge >= 0.3 is 5.97 Å². The van der Waals surface area contributed by atoms with Gasteiger partial charge in [-0.15, -0.1) is 0 Å². The maximum absolute atomic E-state index is 12.2. The molecule has 1 aliphatic rings. The van der Waals surface area contributed by atoms with E-state index < -0.39 is 38.3 Å². The van der Waals surface area contributed by atoms with Gasteiger partial charge < -0.3 is 9.84 Å². The van der Waals surface area contributed by atoms with Crippen molar-refractivity contribution in [2.45, 2.75) is 43.8 Å². The average Bonchev–Trinajstić information content (AvgIpc) is 2.48. The molecule has 1 fully saturated rings. The summed E-state index contributed by atoms with van der Waals surface area (Å²) in [6, 6.07) is 0. The zero-order chi connectivity index (χ0) is 12.5. The van der Waals surface area contributed by atoms with Crippen molar-refractivity contribution in [1.29, 1.82) is 0 Å². The first kappa shape index (κ1) is 13.4. The molecule has 0 aromatic rings. The fourth-order valence-corrected chi connectivity index (χ4v) is 4.59. The van der Waals surface area contributed by atoms with E-state index in [0.717, 1.165) is 0 Å². The van der Waals surface area contributed by atoms with Crippen LogP contribution in [0.3, 0.4) is 0 Å². The lowest BCUT2D eigenvalue weighted by molar-refractivity contribution is -0.137. The van der Waals surface area contributed by atoms with Crippen molar-refractivity contribution in [1.82, 2.24) is 0 Å². The Morgan fingerprint density at radius 2 is 2.00 bits per heavy atom. The number of sulfone groups is 1. The van der Waals surface area contributed by atoms with E-state index in [2.05, 4.69) is 0 Å². The molecule has 0 saturated carbocycles. The predicted molar refractivity (Wildman–Crippen MR) is 59.0 cm³/mol. The van der Waals surface area contributed by atoms with Crippen LogP contribution in [0.2, 0.25) is 0 Å². The molecule has 0 aromatic carbocycles. The van der Waals surface area contributed by atoms with Crippen LogP contribution >= 0.6 is 0 Å². The normalized spacial score (nSPS) is 28.2. The van der Waals surface area contributed by atoms with Crippen molar-refractivity contribution in [3.8, 4) is 0 Å². The van der Waals surface area contributed by atoms with E-state index in [1.807, 2.05) is 0 Å². The van der Waals surface area contributed by atoms with Crippen LogP contribution in [0.5, 0.6) is 0 Å². The topological polar surface area (TPSA) is 80.7 Å². The summed E-state index contributed by atoms with van der Waals surface area (Å²) in [4.78, 5) is 11.0. The Morgan fingerprint density at radius 3 is 2.31 bits per heavy atom. The van der Waals surface area contributed by atoms with Crippen molar-refractivity contribution in [3.05, 3.63) is 0 Å². The summed E-state index contributed by atoms with van der Waals surface area (Å²) >= 11 is 0. The highest BCUT2D eigenvalue weighted by Gasteiger charge is 2.45. The minimum atomic E-state index is -3.67. The molecule has 6 heteroatoms. The van der Waals surface area contributed by atoms with Gasteiger partial charge in [0.15, 0.2) is 15.1 Å². The Bertz CT molecular complexity index is 359. The molecular formula is C10H18O5S. The predicted octanol–water partition coefficient (Wildman–Crippen LogP) is 0.688. The maximum Gasteiger partial charge on any atom is 0.322 e. The zero-order valence-corrected chi connectivity index (χ0v) is 10.5. The molecule has 1 rings (SSSR count). The summed E-state index contributed by atoms with van der Waals surface area (Å²) in [7, 11) is -3.67. The number of aliphatic carboxylic acids is 1. The number of ether oxygens (including phenoxy) is 1. The van der Waals surface area contributed by atoms with Crippen LogP contribution in [-0.2, 0) is 19.4 Å². The fraction of sp³-hybridized carbons (Fsp3) is 0.900. The van der Waals surface area contributed by atoms with Crippen molar-refractivity contribution >= 4 is 15.8 Å². The molecule has 94 valence electrons. The Labute approximate surface area is 95.7 Å². The molecule has 1 heterocycles. The van der Waals surface area contributed by atoms with E-state index in [1.54, 1.807) is 20.8 Å². The van der Waals surface area contributed by atoms with Gasteiger partial charge in [0, 0.05) is 6.61 Å². The number of hydrogen-bond donors (Lipinski definition) is 1. The van der Waals surface area contributed by atoms with Crippen LogP contribution in [0.4, 0.5) is 0 Å². The van der Waals surface area contributed by atoms with Gasteiger partial charge in [-0.3, -0.25) is 4.79 Å². The first-order valence-electron chi connectivity index (χ1n) is 5.35. The molecule has 1 N–H and O–H groups in total. The minimum absolute atomic E-state index is 0.384. The summed E-state index contributed by atoms with van der Waals surface area (Å²) in [5.41, 5.74) is 0.